The third kappa shape index (κ3) is 3.85. The number of hydrogen-bond donors (Lipinski definition) is 0. The van der Waals surface area contributed by atoms with Crippen LogP contribution in [-0.2, 0) is 13.0 Å². The summed E-state index contributed by atoms with van der Waals surface area (Å²) < 4.78 is 21.8. The summed E-state index contributed by atoms with van der Waals surface area (Å²) in [6.45, 7) is 1.70. The minimum atomic E-state index is -0.215. The van der Waals surface area contributed by atoms with Crippen molar-refractivity contribution in [2.45, 2.75) is 19.0 Å². The van der Waals surface area contributed by atoms with Crippen molar-refractivity contribution >= 4 is 16.6 Å². The predicted molar refractivity (Wildman–Crippen MR) is 140 cm³/mol. The van der Waals surface area contributed by atoms with Crippen molar-refractivity contribution < 1.29 is 9.13 Å². The molecule has 1 atom stereocenters. The topological polar surface area (TPSA) is 17.4 Å². The van der Waals surface area contributed by atoms with Gasteiger partial charge in [-0.2, -0.15) is 0 Å². The van der Waals surface area contributed by atoms with Crippen LogP contribution in [0.1, 0.15) is 28.4 Å². The first-order chi connectivity index (χ1) is 17.2. The maximum Gasteiger partial charge on any atom is 0.123 e. The van der Waals surface area contributed by atoms with E-state index < -0.39 is 0 Å². The van der Waals surface area contributed by atoms with Crippen molar-refractivity contribution in [3.63, 3.8) is 0 Å². The van der Waals surface area contributed by atoms with E-state index in [2.05, 4.69) is 76.2 Å². The SMILES string of the molecule is COc1ccc(N2CCc3c(c4ccccc4n3Cc3ccccc3)C2c2ccc(F)cc2)cc1. The molecule has 4 aromatic carbocycles. The number of methoxy groups -OCH3 is 1. The van der Waals surface area contributed by atoms with E-state index in [1.165, 1.54) is 27.7 Å². The van der Waals surface area contributed by atoms with Crippen LogP contribution < -0.4 is 9.64 Å². The zero-order valence-electron chi connectivity index (χ0n) is 19.7. The Hall–Kier alpha value is -4.05. The Morgan fingerprint density at radius 3 is 2.29 bits per heavy atom. The van der Waals surface area contributed by atoms with Crippen LogP contribution in [0.4, 0.5) is 10.1 Å². The molecule has 35 heavy (non-hydrogen) atoms. The molecule has 0 amide bonds. The highest BCUT2D eigenvalue weighted by Gasteiger charge is 2.34. The molecule has 0 bridgehead atoms. The van der Waals surface area contributed by atoms with Crippen molar-refractivity contribution in [3.05, 3.63) is 131 Å². The lowest BCUT2D eigenvalue weighted by Gasteiger charge is -2.39. The van der Waals surface area contributed by atoms with Crippen LogP contribution in [-0.4, -0.2) is 18.2 Å². The molecule has 1 aromatic heterocycles. The van der Waals surface area contributed by atoms with Gasteiger partial charge in [0, 0.05) is 47.4 Å². The standard InChI is InChI=1S/C31H27FN2O/c1-35-26-17-15-25(16-18-26)33-20-19-29-30(31(33)23-11-13-24(32)14-12-23)27-9-5-6-10-28(27)34(29)21-22-7-3-2-4-8-22/h2-18,31H,19-21H2,1H3. The fourth-order valence-corrected chi connectivity index (χ4v) is 5.46. The molecular weight excluding hydrogens is 435 g/mol. The number of ether oxygens (including phenoxy) is 1. The van der Waals surface area contributed by atoms with Crippen LogP contribution in [0.5, 0.6) is 5.75 Å². The van der Waals surface area contributed by atoms with E-state index >= 15 is 0 Å². The third-order valence-electron chi connectivity index (χ3n) is 7.07. The highest BCUT2D eigenvalue weighted by atomic mass is 19.1. The molecule has 5 aromatic rings. The van der Waals surface area contributed by atoms with E-state index in [4.69, 9.17) is 4.74 Å². The highest BCUT2D eigenvalue weighted by Crippen LogP contribution is 2.43. The molecule has 0 fully saturated rings. The number of nitrogens with zero attached hydrogens (tertiary/aromatic N) is 2. The summed E-state index contributed by atoms with van der Waals surface area (Å²) in [5.41, 5.74) is 7.41. The van der Waals surface area contributed by atoms with Crippen LogP contribution >= 0.6 is 0 Å². The highest BCUT2D eigenvalue weighted by molar-refractivity contribution is 5.88. The Labute approximate surface area is 205 Å². The Kier molecular flexibility index (Phi) is 5.49. The zero-order valence-corrected chi connectivity index (χ0v) is 19.7. The molecule has 0 N–H and O–H groups in total. The number of fused-ring (bicyclic) bond motifs is 3. The maximum absolute atomic E-state index is 13.9. The number of hydrogen-bond acceptors (Lipinski definition) is 2. The van der Waals surface area contributed by atoms with Gasteiger partial charge in [0.25, 0.3) is 0 Å². The molecule has 6 rings (SSSR count). The number of anilines is 1. The van der Waals surface area contributed by atoms with E-state index in [9.17, 15) is 4.39 Å². The first-order valence-corrected chi connectivity index (χ1v) is 12.0. The molecule has 1 aliphatic rings. The second-order valence-corrected chi connectivity index (χ2v) is 9.04. The second-order valence-electron chi connectivity index (χ2n) is 9.04. The molecule has 4 heteroatoms. The van der Waals surface area contributed by atoms with Crippen molar-refractivity contribution in [2.75, 3.05) is 18.6 Å². The molecule has 174 valence electrons. The molecule has 1 unspecified atom stereocenters. The van der Waals surface area contributed by atoms with Gasteiger partial charge in [-0.3, -0.25) is 0 Å². The Balaban J connectivity index is 1.55. The summed E-state index contributed by atoms with van der Waals surface area (Å²) in [7, 11) is 1.69. The van der Waals surface area contributed by atoms with Gasteiger partial charge in [0.05, 0.1) is 13.2 Å². The van der Waals surface area contributed by atoms with Crippen molar-refractivity contribution in [2.24, 2.45) is 0 Å². The van der Waals surface area contributed by atoms with Crippen LogP contribution in [0.3, 0.4) is 0 Å². The van der Waals surface area contributed by atoms with E-state index in [1.54, 1.807) is 19.2 Å². The normalized spacial score (nSPS) is 15.3. The largest absolute Gasteiger partial charge is 0.497 e. The second kappa shape index (κ2) is 8.95. The molecule has 1 aliphatic heterocycles. The maximum atomic E-state index is 13.9. The molecular formula is C31H27FN2O. The molecule has 0 aliphatic carbocycles. The van der Waals surface area contributed by atoms with E-state index in [-0.39, 0.29) is 11.9 Å². The summed E-state index contributed by atoms with van der Waals surface area (Å²) >= 11 is 0. The van der Waals surface area contributed by atoms with Crippen LogP contribution in [0.2, 0.25) is 0 Å². The lowest BCUT2D eigenvalue weighted by Crippen LogP contribution is -2.36. The first-order valence-electron chi connectivity index (χ1n) is 12.0. The van der Waals surface area contributed by atoms with Crippen LogP contribution in [0.25, 0.3) is 10.9 Å². The van der Waals surface area contributed by atoms with Gasteiger partial charge in [-0.25, -0.2) is 4.39 Å². The van der Waals surface area contributed by atoms with Crippen LogP contribution in [0, 0.1) is 5.82 Å². The van der Waals surface area contributed by atoms with Gasteiger partial charge < -0.3 is 14.2 Å². The molecule has 0 radical (unpaired) electrons. The van der Waals surface area contributed by atoms with Gasteiger partial charge in [0.1, 0.15) is 11.6 Å². The summed E-state index contributed by atoms with van der Waals surface area (Å²) in [5, 5.41) is 1.26. The number of halogens is 1. The summed E-state index contributed by atoms with van der Waals surface area (Å²) in [4.78, 5) is 2.44. The summed E-state index contributed by atoms with van der Waals surface area (Å²) in [5.74, 6) is 0.622. The smallest absolute Gasteiger partial charge is 0.123 e. The van der Waals surface area contributed by atoms with E-state index in [1.807, 2.05) is 24.3 Å². The summed E-state index contributed by atoms with van der Waals surface area (Å²) in [6, 6.07) is 34.5. The summed E-state index contributed by atoms with van der Waals surface area (Å²) in [6.07, 6.45) is 0.931. The number of rotatable bonds is 5. The minimum absolute atomic E-state index is 0.0188. The fourth-order valence-electron chi connectivity index (χ4n) is 5.46. The van der Waals surface area contributed by atoms with Crippen molar-refractivity contribution in [3.8, 4) is 5.75 Å². The molecule has 0 saturated carbocycles. The van der Waals surface area contributed by atoms with Crippen molar-refractivity contribution in [1.82, 2.24) is 4.57 Å². The Bertz CT molecular complexity index is 1460. The Morgan fingerprint density at radius 1 is 0.829 bits per heavy atom. The van der Waals surface area contributed by atoms with Gasteiger partial charge >= 0.3 is 0 Å². The fraction of sp³-hybridized carbons (Fsp3) is 0.161. The predicted octanol–water partition coefficient (Wildman–Crippen LogP) is 6.99. The third-order valence-corrected chi connectivity index (χ3v) is 7.07. The molecule has 0 saturated heterocycles. The number of para-hydroxylation sites is 1. The minimum Gasteiger partial charge on any atom is -0.497 e. The zero-order chi connectivity index (χ0) is 23.8. The number of aromatic nitrogens is 1. The average Bonchev–Trinajstić information content (AvgIpc) is 3.23. The number of benzene rings is 4. The van der Waals surface area contributed by atoms with E-state index in [0.29, 0.717) is 0 Å². The average molecular weight is 463 g/mol. The monoisotopic (exact) mass is 462 g/mol. The van der Waals surface area contributed by atoms with Crippen LogP contribution in [0.15, 0.2) is 103 Å². The quantitative estimate of drug-likeness (QED) is 0.280. The van der Waals surface area contributed by atoms with Gasteiger partial charge in [-0.05, 0) is 53.6 Å². The lowest BCUT2D eigenvalue weighted by molar-refractivity contribution is 0.414. The molecule has 3 nitrogen and oxygen atoms in total. The Morgan fingerprint density at radius 2 is 1.54 bits per heavy atom. The molecule has 0 spiro atoms. The van der Waals surface area contributed by atoms with E-state index in [0.717, 1.165) is 36.5 Å². The lowest BCUT2D eigenvalue weighted by atomic mass is 9.89. The van der Waals surface area contributed by atoms with Gasteiger partial charge in [0.2, 0.25) is 0 Å². The van der Waals surface area contributed by atoms with Gasteiger partial charge in [0.15, 0.2) is 0 Å². The molecule has 2 heterocycles. The van der Waals surface area contributed by atoms with Gasteiger partial charge in [-0.1, -0.05) is 60.7 Å². The first kappa shape index (κ1) is 21.5. The van der Waals surface area contributed by atoms with Gasteiger partial charge in [-0.15, -0.1) is 0 Å². The van der Waals surface area contributed by atoms with Crippen molar-refractivity contribution in [1.29, 1.82) is 0 Å².